The first-order valence-electron chi connectivity index (χ1n) is 9.44. The Kier molecular flexibility index (Phi) is 7.38. The van der Waals surface area contributed by atoms with Crippen LogP contribution in [0.3, 0.4) is 0 Å². The highest BCUT2D eigenvalue weighted by molar-refractivity contribution is 14.1. The highest BCUT2D eigenvalue weighted by Crippen LogP contribution is 2.12. The zero-order chi connectivity index (χ0) is 21.7. The smallest absolute Gasteiger partial charge is 0.251 e. The highest BCUT2D eigenvalue weighted by Gasteiger charge is 2.14. The monoisotopic (exact) mass is 535 g/mol. The number of amides is 2. The zero-order valence-electron chi connectivity index (χ0n) is 16.7. The summed E-state index contributed by atoms with van der Waals surface area (Å²) in [6.07, 6.45) is 0. The minimum atomic E-state index is -0.219. The van der Waals surface area contributed by atoms with Crippen molar-refractivity contribution in [2.45, 2.75) is 33.5 Å². The summed E-state index contributed by atoms with van der Waals surface area (Å²) >= 11 is 7.68. The Balaban J connectivity index is 1.69. The van der Waals surface area contributed by atoms with Crippen LogP contribution in [0.5, 0.6) is 0 Å². The number of nitrogens with one attached hydrogen (secondary N) is 2. The fraction of sp³-hybridized carbons (Fsp3) is 0.238. The number of hydrogen-bond acceptors (Lipinski definition) is 4. The van der Waals surface area contributed by atoms with Crippen molar-refractivity contribution in [3.05, 3.63) is 73.8 Å². The van der Waals surface area contributed by atoms with Gasteiger partial charge in [0.25, 0.3) is 5.91 Å². The van der Waals surface area contributed by atoms with Gasteiger partial charge < -0.3 is 15.2 Å². The van der Waals surface area contributed by atoms with Crippen LogP contribution in [-0.4, -0.2) is 26.2 Å². The van der Waals surface area contributed by atoms with E-state index in [2.05, 4.69) is 38.3 Å². The summed E-state index contributed by atoms with van der Waals surface area (Å²) in [4.78, 5) is 24.9. The quantitative estimate of drug-likeness (QED) is 0.355. The van der Waals surface area contributed by atoms with E-state index in [4.69, 9.17) is 12.2 Å². The van der Waals surface area contributed by atoms with Crippen molar-refractivity contribution in [2.24, 2.45) is 0 Å². The Morgan fingerprint density at radius 2 is 1.83 bits per heavy atom. The maximum absolute atomic E-state index is 12.5. The molecule has 2 amide bonds. The first-order chi connectivity index (χ1) is 14.4. The molecular formula is C21H22IN5O2S. The summed E-state index contributed by atoms with van der Waals surface area (Å²) in [5.74, 6) is 0.211. The van der Waals surface area contributed by atoms with Gasteiger partial charge in [-0.2, -0.15) is 5.10 Å². The Morgan fingerprint density at radius 3 is 2.50 bits per heavy atom. The van der Waals surface area contributed by atoms with Gasteiger partial charge in [-0.05, 0) is 84.6 Å². The number of benzene rings is 2. The third kappa shape index (κ3) is 5.33. The van der Waals surface area contributed by atoms with E-state index >= 15 is 0 Å². The maximum Gasteiger partial charge on any atom is 0.251 e. The molecule has 0 saturated carbocycles. The van der Waals surface area contributed by atoms with Crippen LogP contribution in [0.25, 0.3) is 0 Å². The van der Waals surface area contributed by atoms with Gasteiger partial charge in [-0.25, -0.2) is 4.68 Å². The van der Waals surface area contributed by atoms with Crippen LogP contribution in [0, 0.1) is 15.3 Å². The average Bonchev–Trinajstić information content (AvgIpc) is 3.02. The molecule has 2 aromatic carbocycles. The van der Waals surface area contributed by atoms with Gasteiger partial charge in [0.1, 0.15) is 6.54 Å². The van der Waals surface area contributed by atoms with Crippen LogP contribution in [0.1, 0.15) is 28.7 Å². The molecule has 0 aliphatic carbocycles. The summed E-state index contributed by atoms with van der Waals surface area (Å²) in [6, 6.07) is 14.9. The summed E-state index contributed by atoms with van der Waals surface area (Å²) in [6.45, 7) is 4.64. The Bertz CT molecular complexity index is 1120. The average molecular weight is 535 g/mol. The molecule has 0 aliphatic heterocycles. The number of halogens is 1. The summed E-state index contributed by atoms with van der Waals surface area (Å²) in [7, 11) is 0. The van der Waals surface area contributed by atoms with Gasteiger partial charge in [0.15, 0.2) is 10.6 Å². The lowest BCUT2D eigenvalue weighted by molar-refractivity contribution is -0.116. The predicted octanol–water partition coefficient (Wildman–Crippen LogP) is 3.92. The number of aryl methyl sites for hydroxylation is 1. The van der Waals surface area contributed by atoms with Gasteiger partial charge in [0.05, 0.1) is 6.54 Å². The molecule has 9 heteroatoms. The van der Waals surface area contributed by atoms with E-state index in [1.165, 1.54) is 4.68 Å². The van der Waals surface area contributed by atoms with E-state index < -0.39 is 0 Å². The first-order valence-corrected chi connectivity index (χ1v) is 10.9. The minimum absolute atomic E-state index is 0.00341. The van der Waals surface area contributed by atoms with Crippen molar-refractivity contribution in [3.8, 4) is 0 Å². The predicted molar refractivity (Wildman–Crippen MR) is 127 cm³/mol. The lowest BCUT2D eigenvalue weighted by atomic mass is 10.1. The van der Waals surface area contributed by atoms with Gasteiger partial charge in [-0.15, -0.1) is 0 Å². The van der Waals surface area contributed by atoms with Crippen molar-refractivity contribution in [1.29, 1.82) is 0 Å². The normalized spacial score (nSPS) is 10.6. The molecule has 0 saturated heterocycles. The summed E-state index contributed by atoms with van der Waals surface area (Å²) in [5.41, 5.74) is 2.24. The molecule has 3 rings (SSSR count). The Labute approximate surface area is 193 Å². The van der Waals surface area contributed by atoms with Crippen LogP contribution >= 0.6 is 34.8 Å². The van der Waals surface area contributed by atoms with Gasteiger partial charge in [0.2, 0.25) is 5.91 Å². The van der Waals surface area contributed by atoms with Crippen LogP contribution in [-0.2, 0) is 24.4 Å². The van der Waals surface area contributed by atoms with Gasteiger partial charge in [-0.3, -0.25) is 9.59 Å². The molecule has 0 atom stereocenters. The van der Waals surface area contributed by atoms with Crippen LogP contribution < -0.4 is 10.6 Å². The first kappa shape index (κ1) is 22.2. The molecule has 3 aromatic rings. The molecular weight excluding hydrogens is 513 g/mol. The maximum atomic E-state index is 12.5. The molecule has 0 radical (unpaired) electrons. The standard InChI is InChI=1S/C21H22IN5O2S/c1-3-26-18(12-23-20(29)17-7-5-4-6-14(17)2)25-27(21(26)30)13-19(28)24-16-10-8-15(22)9-11-16/h4-11H,3,12-13H2,1-2H3,(H,23,29)(H,24,28). The minimum Gasteiger partial charge on any atom is -0.345 e. The number of rotatable bonds is 7. The number of nitrogens with zero attached hydrogens (tertiary/aromatic N) is 3. The van der Waals surface area contributed by atoms with Gasteiger partial charge in [0, 0.05) is 21.4 Å². The molecule has 1 heterocycles. The fourth-order valence-electron chi connectivity index (χ4n) is 2.99. The zero-order valence-corrected chi connectivity index (χ0v) is 19.7. The van der Waals surface area contributed by atoms with Gasteiger partial charge in [-0.1, -0.05) is 18.2 Å². The second kappa shape index (κ2) is 9.98. The molecule has 1 aromatic heterocycles. The number of hydrogen-bond donors (Lipinski definition) is 2. The van der Waals surface area contributed by atoms with Crippen molar-refractivity contribution < 1.29 is 9.59 Å². The van der Waals surface area contributed by atoms with Crippen LogP contribution in [0.2, 0.25) is 0 Å². The molecule has 2 N–H and O–H groups in total. The van der Waals surface area contributed by atoms with E-state index in [9.17, 15) is 9.59 Å². The number of anilines is 1. The third-order valence-electron chi connectivity index (χ3n) is 4.53. The number of carbonyl (C=O) groups excluding carboxylic acids is 2. The number of carbonyl (C=O) groups is 2. The Morgan fingerprint density at radius 1 is 1.13 bits per heavy atom. The number of aromatic nitrogens is 3. The second-order valence-corrected chi connectivity index (χ2v) is 8.26. The van der Waals surface area contributed by atoms with E-state index in [0.29, 0.717) is 28.4 Å². The SMILES string of the molecule is CCn1c(CNC(=O)c2ccccc2C)nn(CC(=O)Nc2ccc(I)cc2)c1=S. The second-order valence-electron chi connectivity index (χ2n) is 6.65. The van der Waals surface area contributed by atoms with E-state index in [0.717, 1.165) is 9.13 Å². The summed E-state index contributed by atoms with van der Waals surface area (Å²) in [5, 5.41) is 10.2. The molecule has 7 nitrogen and oxygen atoms in total. The van der Waals surface area contributed by atoms with E-state index in [-0.39, 0.29) is 24.9 Å². The molecule has 0 unspecified atom stereocenters. The molecule has 0 aliphatic rings. The fourth-order valence-corrected chi connectivity index (χ4v) is 3.69. The molecule has 30 heavy (non-hydrogen) atoms. The van der Waals surface area contributed by atoms with Crippen LogP contribution in [0.4, 0.5) is 5.69 Å². The van der Waals surface area contributed by atoms with Crippen molar-refractivity contribution in [3.63, 3.8) is 0 Å². The Hall–Kier alpha value is -2.53. The summed E-state index contributed by atoms with van der Waals surface area (Å²) < 4.78 is 4.82. The van der Waals surface area contributed by atoms with Gasteiger partial charge >= 0.3 is 0 Å². The molecule has 0 bridgehead atoms. The van der Waals surface area contributed by atoms with Crippen molar-refractivity contribution in [1.82, 2.24) is 19.7 Å². The largest absolute Gasteiger partial charge is 0.345 e. The highest BCUT2D eigenvalue weighted by atomic mass is 127. The lowest BCUT2D eigenvalue weighted by Gasteiger charge is -2.07. The van der Waals surface area contributed by atoms with E-state index in [1.54, 1.807) is 6.07 Å². The van der Waals surface area contributed by atoms with Crippen LogP contribution in [0.15, 0.2) is 48.5 Å². The molecule has 0 spiro atoms. The molecule has 0 fully saturated rings. The lowest BCUT2D eigenvalue weighted by Crippen LogP contribution is -2.25. The van der Waals surface area contributed by atoms with Crippen molar-refractivity contribution in [2.75, 3.05) is 5.32 Å². The topological polar surface area (TPSA) is 81.0 Å². The van der Waals surface area contributed by atoms with E-state index in [1.807, 2.05) is 60.9 Å². The van der Waals surface area contributed by atoms with Crippen molar-refractivity contribution >= 4 is 52.3 Å². The third-order valence-corrected chi connectivity index (χ3v) is 5.68. The molecule has 156 valence electrons.